The fourth-order valence-electron chi connectivity index (χ4n) is 5.52. The lowest BCUT2D eigenvalue weighted by atomic mass is 9.83. The summed E-state index contributed by atoms with van der Waals surface area (Å²) in [6.07, 6.45) is 13.8. The van der Waals surface area contributed by atoms with Crippen LogP contribution in [0.15, 0.2) is 46.4 Å². The van der Waals surface area contributed by atoms with Crippen LogP contribution in [0.1, 0.15) is 81.9 Å². The Bertz CT molecular complexity index is 1100. The lowest BCUT2D eigenvalue weighted by molar-refractivity contribution is 0.0522. The Morgan fingerprint density at radius 2 is 1.97 bits per heavy atom. The predicted molar refractivity (Wildman–Crippen MR) is 139 cm³/mol. The fourth-order valence-corrected chi connectivity index (χ4v) is 5.52. The third-order valence-electron chi connectivity index (χ3n) is 7.55. The standard InChI is InChI=1S/C29H40N2O4/c1-6-35-28(33)23-18-31-24(17-25(23)32)27(30(5)19-26(31)29(2,3)4)22-9-7-8-21(16-22)11-10-20-12-14-34-15-13-20/h7-9,17-18,20,26H,6,10-16,19H2,1-5H3/b27-22-. The number of hydrogen-bond donors (Lipinski definition) is 0. The first kappa shape index (κ1) is 25.5. The molecule has 2 aliphatic heterocycles. The van der Waals surface area contributed by atoms with Crippen molar-refractivity contribution in [2.24, 2.45) is 11.3 Å². The van der Waals surface area contributed by atoms with Gasteiger partial charge in [-0.15, -0.1) is 0 Å². The minimum absolute atomic E-state index is 0.0582. The van der Waals surface area contributed by atoms with Gasteiger partial charge in [-0.2, -0.15) is 0 Å². The molecule has 0 N–H and O–H groups in total. The first-order valence-electron chi connectivity index (χ1n) is 13.0. The average Bonchev–Trinajstić information content (AvgIpc) is 2.82. The zero-order chi connectivity index (χ0) is 25.2. The molecular formula is C29H40N2O4. The number of fused-ring (bicyclic) bond motifs is 1. The normalized spacial score (nSPS) is 23.2. The van der Waals surface area contributed by atoms with Gasteiger partial charge in [0.05, 0.1) is 24.0 Å². The third-order valence-corrected chi connectivity index (χ3v) is 7.55. The predicted octanol–water partition coefficient (Wildman–Crippen LogP) is 5.36. The summed E-state index contributed by atoms with van der Waals surface area (Å²) in [5.74, 6) is 0.196. The second kappa shape index (κ2) is 10.6. The summed E-state index contributed by atoms with van der Waals surface area (Å²) in [6, 6.07) is 1.74. The molecule has 4 rings (SSSR count). The van der Waals surface area contributed by atoms with Crippen molar-refractivity contribution in [3.05, 3.63) is 63.1 Å². The van der Waals surface area contributed by atoms with Gasteiger partial charge in [0.15, 0.2) is 5.43 Å². The van der Waals surface area contributed by atoms with Gasteiger partial charge in [-0.25, -0.2) is 4.79 Å². The van der Waals surface area contributed by atoms with Crippen LogP contribution in [0.2, 0.25) is 0 Å². The smallest absolute Gasteiger partial charge is 0.343 e. The zero-order valence-electron chi connectivity index (χ0n) is 21.9. The van der Waals surface area contributed by atoms with Crippen molar-refractivity contribution in [1.82, 2.24) is 9.47 Å². The van der Waals surface area contributed by atoms with Gasteiger partial charge in [0.1, 0.15) is 5.56 Å². The maximum atomic E-state index is 13.0. The van der Waals surface area contributed by atoms with Crippen molar-refractivity contribution in [2.75, 3.05) is 33.4 Å². The molecule has 1 saturated heterocycles. The van der Waals surface area contributed by atoms with Gasteiger partial charge in [0.2, 0.25) is 0 Å². The Labute approximate surface area is 209 Å². The Hall–Kier alpha value is -2.60. The van der Waals surface area contributed by atoms with Crippen LogP contribution in [0, 0.1) is 11.3 Å². The number of aromatic nitrogens is 1. The van der Waals surface area contributed by atoms with Crippen LogP contribution in [0.3, 0.4) is 0 Å². The van der Waals surface area contributed by atoms with Crippen molar-refractivity contribution in [3.8, 4) is 0 Å². The van der Waals surface area contributed by atoms with Crippen LogP contribution in [0.25, 0.3) is 5.70 Å². The Kier molecular flexibility index (Phi) is 7.70. The largest absolute Gasteiger partial charge is 0.462 e. The molecule has 1 atom stereocenters. The van der Waals surface area contributed by atoms with E-state index in [1.54, 1.807) is 19.2 Å². The van der Waals surface area contributed by atoms with Crippen molar-refractivity contribution in [3.63, 3.8) is 0 Å². The highest BCUT2D eigenvalue weighted by molar-refractivity contribution is 5.89. The molecule has 6 nitrogen and oxygen atoms in total. The average molecular weight is 481 g/mol. The molecule has 0 radical (unpaired) electrons. The van der Waals surface area contributed by atoms with Gasteiger partial charge in [0, 0.05) is 39.1 Å². The summed E-state index contributed by atoms with van der Waals surface area (Å²) in [4.78, 5) is 27.8. The molecule has 3 heterocycles. The maximum Gasteiger partial charge on any atom is 0.343 e. The van der Waals surface area contributed by atoms with E-state index in [9.17, 15) is 9.59 Å². The Morgan fingerprint density at radius 1 is 1.23 bits per heavy atom. The van der Waals surface area contributed by atoms with Crippen LogP contribution < -0.4 is 5.43 Å². The molecule has 0 aromatic carbocycles. The number of likely N-dealkylation sites (N-methyl/N-ethyl adjacent to an activating group) is 1. The molecule has 0 amide bonds. The summed E-state index contributed by atoms with van der Waals surface area (Å²) >= 11 is 0. The second-order valence-corrected chi connectivity index (χ2v) is 11.2. The van der Waals surface area contributed by atoms with Gasteiger partial charge in [-0.05, 0) is 55.9 Å². The highest BCUT2D eigenvalue weighted by Gasteiger charge is 2.36. The molecule has 3 aliphatic rings. The quantitative estimate of drug-likeness (QED) is 0.531. The van der Waals surface area contributed by atoms with Gasteiger partial charge in [0.25, 0.3) is 0 Å². The van der Waals surface area contributed by atoms with E-state index in [-0.39, 0.29) is 29.1 Å². The van der Waals surface area contributed by atoms with E-state index in [4.69, 9.17) is 9.47 Å². The molecule has 1 fully saturated rings. The summed E-state index contributed by atoms with van der Waals surface area (Å²) in [6.45, 7) is 11.2. The monoisotopic (exact) mass is 480 g/mol. The first-order valence-corrected chi connectivity index (χ1v) is 13.0. The van der Waals surface area contributed by atoms with Crippen molar-refractivity contribution in [2.45, 2.75) is 65.8 Å². The van der Waals surface area contributed by atoms with Crippen LogP contribution in [0.5, 0.6) is 0 Å². The van der Waals surface area contributed by atoms with Crippen LogP contribution in [-0.4, -0.2) is 48.8 Å². The molecule has 190 valence electrons. The summed E-state index contributed by atoms with van der Waals surface area (Å²) in [5, 5.41) is 0. The molecular weight excluding hydrogens is 440 g/mol. The van der Waals surface area contributed by atoms with Crippen molar-refractivity contribution < 1.29 is 14.3 Å². The molecule has 0 bridgehead atoms. The lowest BCUT2D eigenvalue weighted by Crippen LogP contribution is -2.42. The van der Waals surface area contributed by atoms with E-state index in [0.717, 1.165) is 62.8 Å². The van der Waals surface area contributed by atoms with Gasteiger partial charge in [-0.1, -0.05) is 44.6 Å². The van der Waals surface area contributed by atoms with Crippen LogP contribution in [0.4, 0.5) is 0 Å². The van der Waals surface area contributed by atoms with Crippen molar-refractivity contribution in [1.29, 1.82) is 0 Å². The molecule has 1 aromatic heterocycles. The summed E-state index contributed by atoms with van der Waals surface area (Å²) in [5.41, 5.74) is 4.37. The fraction of sp³-hybridized carbons (Fsp3) is 0.586. The van der Waals surface area contributed by atoms with Gasteiger partial charge < -0.3 is 18.9 Å². The number of esters is 1. The number of ether oxygens (including phenoxy) is 2. The number of nitrogens with zero attached hydrogens (tertiary/aromatic N) is 2. The Morgan fingerprint density at radius 3 is 2.66 bits per heavy atom. The molecule has 35 heavy (non-hydrogen) atoms. The van der Waals surface area contributed by atoms with Crippen LogP contribution in [-0.2, 0) is 9.47 Å². The minimum Gasteiger partial charge on any atom is -0.462 e. The minimum atomic E-state index is -0.551. The second-order valence-electron chi connectivity index (χ2n) is 11.2. The lowest BCUT2D eigenvalue weighted by Gasteiger charge is -2.44. The summed E-state index contributed by atoms with van der Waals surface area (Å²) in [7, 11) is 2.11. The van der Waals surface area contributed by atoms with E-state index in [2.05, 4.69) is 55.5 Å². The molecule has 1 unspecified atom stereocenters. The number of carbonyl (C=O) groups excluding carboxylic acids is 1. The molecule has 6 heteroatoms. The summed E-state index contributed by atoms with van der Waals surface area (Å²) < 4.78 is 12.8. The number of rotatable bonds is 5. The number of carbonyl (C=O) groups is 1. The molecule has 0 saturated carbocycles. The topological polar surface area (TPSA) is 60.8 Å². The molecule has 0 spiro atoms. The van der Waals surface area contributed by atoms with Crippen molar-refractivity contribution >= 4 is 11.7 Å². The first-order chi connectivity index (χ1) is 16.7. The highest BCUT2D eigenvalue weighted by atomic mass is 16.5. The number of pyridine rings is 1. The van der Waals surface area contributed by atoms with E-state index in [1.165, 1.54) is 17.6 Å². The third kappa shape index (κ3) is 5.64. The van der Waals surface area contributed by atoms with E-state index in [0.29, 0.717) is 0 Å². The van der Waals surface area contributed by atoms with Gasteiger partial charge in [-0.3, -0.25) is 4.79 Å². The SMILES string of the molecule is CCOC(=O)c1cn2c(cc1=O)/C(=C1\C=CC=C(CCC3CCOCC3)C1)N(C)CC2C(C)(C)C. The molecule has 1 aliphatic carbocycles. The van der Waals surface area contributed by atoms with E-state index in [1.807, 2.05) is 0 Å². The van der Waals surface area contributed by atoms with E-state index >= 15 is 0 Å². The number of hydrogen-bond acceptors (Lipinski definition) is 5. The number of allylic oxidation sites excluding steroid dienone is 5. The van der Waals surface area contributed by atoms with Gasteiger partial charge >= 0.3 is 5.97 Å². The molecule has 1 aromatic rings. The van der Waals surface area contributed by atoms with Crippen LogP contribution >= 0.6 is 0 Å². The maximum absolute atomic E-state index is 13.0. The zero-order valence-corrected chi connectivity index (χ0v) is 21.9. The van der Waals surface area contributed by atoms with E-state index < -0.39 is 5.97 Å². The Balaban J connectivity index is 1.69. The highest BCUT2D eigenvalue weighted by Crippen LogP contribution is 2.41.